The fourth-order valence-corrected chi connectivity index (χ4v) is 2.10. The Bertz CT molecular complexity index is 638. The lowest BCUT2D eigenvalue weighted by atomic mass is 10.3. The Balaban J connectivity index is 2.29. The highest BCUT2D eigenvalue weighted by Gasteiger charge is 2.20. The monoisotopic (exact) mass is 313 g/mol. The summed E-state index contributed by atoms with van der Waals surface area (Å²) < 4.78 is 6.52. The minimum absolute atomic E-state index is 0.228. The first kappa shape index (κ1) is 14.7. The van der Waals surface area contributed by atoms with Crippen LogP contribution in [-0.4, -0.2) is 29.6 Å². The van der Waals surface area contributed by atoms with Crippen LogP contribution in [0.4, 0.5) is 5.69 Å². The first-order chi connectivity index (χ1) is 9.45. The molecule has 5 nitrogen and oxygen atoms in total. The average molecular weight is 314 g/mol. The number of carbonyl (C=O) groups excluding carboxylic acids is 1. The molecular weight excluding hydrogens is 301 g/mol. The lowest BCUT2D eigenvalue weighted by Gasteiger charge is -2.17. The van der Waals surface area contributed by atoms with Crippen LogP contribution in [0.2, 0.25) is 10.2 Å². The van der Waals surface area contributed by atoms with Gasteiger partial charge in [-0.05, 0) is 12.1 Å². The topological polar surface area (TPSA) is 47.4 Å². The van der Waals surface area contributed by atoms with Crippen molar-refractivity contribution >= 4 is 34.8 Å². The van der Waals surface area contributed by atoms with Crippen molar-refractivity contribution in [3.63, 3.8) is 0 Å². The molecule has 0 bridgehead atoms. The molecular formula is C13H13Cl2N3O2. The highest BCUT2D eigenvalue weighted by atomic mass is 35.5. The molecule has 0 N–H and O–H groups in total. The number of rotatable bonds is 3. The second kappa shape index (κ2) is 5.73. The molecule has 0 aliphatic heterocycles. The zero-order valence-electron chi connectivity index (χ0n) is 11.2. The zero-order valence-corrected chi connectivity index (χ0v) is 12.7. The average Bonchev–Trinajstić information content (AvgIpc) is 2.73. The number of halogens is 2. The largest absolute Gasteiger partial charge is 0.481 e. The van der Waals surface area contributed by atoms with Gasteiger partial charge in [-0.1, -0.05) is 23.2 Å². The molecule has 0 spiro atoms. The number of pyridine rings is 1. The number of hydrogen-bond acceptors (Lipinski definition) is 3. The van der Waals surface area contributed by atoms with E-state index in [0.29, 0.717) is 27.4 Å². The molecule has 0 aromatic carbocycles. The van der Waals surface area contributed by atoms with Crippen LogP contribution in [-0.2, 0) is 7.05 Å². The van der Waals surface area contributed by atoms with Gasteiger partial charge in [0.25, 0.3) is 5.91 Å². The molecule has 0 fully saturated rings. The second-order valence-corrected chi connectivity index (χ2v) is 4.92. The molecule has 1 amide bonds. The molecule has 0 aliphatic carbocycles. The molecule has 20 heavy (non-hydrogen) atoms. The molecule has 0 saturated heterocycles. The van der Waals surface area contributed by atoms with Gasteiger partial charge in [-0.15, -0.1) is 0 Å². The van der Waals surface area contributed by atoms with E-state index in [2.05, 4.69) is 4.98 Å². The maximum absolute atomic E-state index is 12.4. The number of methoxy groups -OCH3 is 1. The first-order valence-corrected chi connectivity index (χ1v) is 6.50. The van der Waals surface area contributed by atoms with Crippen LogP contribution in [0.15, 0.2) is 24.4 Å². The highest BCUT2D eigenvalue weighted by molar-refractivity contribution is 6.42. The quantitative estimate of drug-likeness (QED) is 0.875. The Morgan fingerprint density at radius 1 is 1.40 bits per heavy atom. The minimum atomic E-state index is -0.228. The lowest BCUT2D eigenvalue weighted by molar-refractivity contribution is 0.0985. The van der Waals surface area contributed by atoms with Crippen molar-refractivity contribution in [2.45, 2.75) is 0 Å². The van der Waals surface area contributed by atoms with Crippen LogP contribution >= 0.6 is 23.2 Å². The molecule has 0 aliphatic rings. The van der Waals surface area contributed by atoms with Gasteiger partial charge in [0.15, 0.2) is 0 Å². The Morgan fingerprint density at radius 3 is 2.55 bits per heavy atom. The van der Waals surface area contributed by atoms with E-state index in [1.165, 1.54) is 12.0 Å². The Morgan fingerprint density at radius 2 is 2.10 bits per heavy atom. The van der Waals surface area contributed by atoms with Crippen molar-refractivity contribution in [2.24, 2.45) is 7.05 Å². The summed E-state index contributed by atoms with van der Waals surface area (Å²) in [7, 11) is 4.87. The number of ether oxygens (including phenoxy) is 1. The first-order valence-electron chi connectivity index (χ1n) is 5.74. The van der Waals surface area contributed by atoms with Crippen LogP contribution in [0.3, 0.4) is 0 Å². The van der Waals surface area contributed by atoms with E-state index >= 15 is 0 Å². The van der Waals surface area contributed by atoms with E-state index in [9.17, 15) is 4.79 Å². The standard InChI is InChI=1S/C13H13Cl2N3O2/c1-17(8-4-5-11(20-3)16-7-8)13(19)10-6-9(14)12(15)18(10)2/h4-7H,1-3H3. The van der Waals surface area contributed by atoms with Gasteiger partial charge in [-0.2, -0.15) is 0 Å². The molecule has 0 saturated carbocycles. The molecule has 106 valence electrons. The van der Waals surface area contributed by atoms with Crippen molar-refractivity contribution in [1.29, 1.82) is 0 Å². The van der Waals surface area contributed by atoms with Crippen LogP contribution in [0.5, 0.6) is 5.88 Å². The summed E-state index contributed by atoms with van der Waals surface area (Å²) in [6, 6.07) is 4.97. The normalized spacial score (nSPS) is 10.4. The third-order valence-corrected chi connectivity index (χ3v) is 3.80. The summed E-state index contributed by atoms with van der Waals surface area (Å²) in [5.41, 5.74) is 1.04. The molecule has 0 unspecified atom stereocenters. The van der Waals surface area contributed by atoms with Gasteiger partial charge in [-0.25, -0.2) is 4.98 Å². The van der Waals surface area contributed by atoms with E-state index in [0.717, 1.165) is 0 Å². The number of anilines is 1. The molecule has 0 atom stereocenters. The van der Waals surface area contributed by atoms with Crippen molar-refractivity contribution < 1.29 is 9.53 Å². The third kappa shape index (κ3) is 2.59. The third-order valence-electron chi connectivity index (χ3n) is 2.96. The summed E-state index contributed by atoms with van der Waals surface area (Å²) in [4.78, 5) is 17.9. The van der Waals surface area contributed by atoms with Gasteiger partial charge in [0.2, 0.25) is 5.88 Å². The fraction of sp³-hybridized carbons (Fsp3) is 0.231. The summed E-state index contributed by atoms with van der Waals surface area (Å²) in [6.07, 6.45) is 1.56. The number of nitrogens with zero attached hydrogens (tertiary/aromatic N) is 3. The highest BCUT2D eigenvalue weighted by Crippen LogP contribution is 2.26. The number of hydrogen-bond donors (Lipinski definition) is 0. The van der Waals surface area contributed by atoms with E-state index in [1.54, 1.807) is 43.1 Å². The molecule has 0 radical (unpaired) electrons. The fourth-order valence-electron chi connectivity index (χ4n) is 1.73. The van der Waals surface area contributed by atoms with Crippen molar-refractivity contribution in [3.8, 4) is 5.88 Å². The maximum Gasteiger partial charge on any atom is 0.274 e. The van der Waals surface area contributed by atoms with Crippen LogP contribution < -0.4 is 9.64 Å². The predicted molar refractivity (Wildman–Crippen MR) is 79.0 cm³/mol. The lowest BCUT2D eigenvalue weighted by Crippen LogP contribution is -2.28. The summed E-state index contributed by atoms with van der Waals surface area (Å²) in [5, 5.41) is 0.676. The molecule has 2 rings (SSSR count). The predicted octanol–water partition coefficient (Wildman–Crippen LogP) is 3.01. The Kier molecular flexibility index (Phi) is 4.20. The smallest absolute Gasteiger partial charge is 0.274 e. The summed E-state index contributed by atoms with van der Waals surface area (Å²) >= 11 is 11.9. The minimum Gasteiger partial charge on any atom is -0.481 e. The van der Waals surface area contributed by atoms with Gasteiger partial charge >= 0.3 is 0 Å². The van der Waals surface area contributed by atoms with Crippen LogP contribution in [0, 0.1) is 0 Å². The molecule has 2 heterocycles. The molecule has 2 aromatic rings. The van der Waals surface area contributed by atoms with Crippen LogP contribution in [0.25, 0.3) is 0 Å². The second-order valence-electron chi connectivity index (χ2n) is 4.15. The van der Waals surface area contributed by atoms with Gasteiger partial charge in [0, 0.05) is 20.2 Å². The van der Waals surface area contributed by atoms with Gasteiger partial charge in [-0.3, -0.25) is 4.79 Å². The Labute approximate surface area is 126 Å². The summed E-state index contributed by atoms with van der Waals surface area (Å²) in [5.74, 6) is 0.257. The van der Waals surface area contributed by atoms with E-state index in [4.69, 9.17) is 27.9 Å². The maximum atomic E-state index is 12.4. The van der Waals surface area contributed by atoms with Gasteiger partial charge < -0.3 is 14.2 Å². The van der Waals surface area contributed by atoms with Crippen molar-refractivity contribution in [3.05, 3.63) is 40.3 Å². The number of amides is 1. The molecule has 7 heteroatoms. The van der Waals surface area contributed by atoms with Crippen molar-refractivity contribution in [1.82, 2.24) is 9.55 Å². The molecule has 2 aromatic heterocycles. The Hall–Kier alpha value is -1.72. The van der Waals surface area contributed by atoms with E-state index in [1.807, 2.05) is 0 Å². The summed E-state index contributed by atoms with van der Waals surface area (Å²) in [6.45, 7) is 0. The van der Waals surface area contributed by atoms with E-state index in [-0.39, 0.29) is 5.91 Å². The van der Waals surface area contributed by atoms with Gasteiger partial charge in [0.05, 0.1) is 24.0 Å². The van der Waals surface area contributed by atoms with Gasteiger partial charge in [0.1, 0.15) is 10.8 Å². The zero-order chi connectivity index (χ0) is 14.9. The van der Waals surface area contributed by atoms with E-state index < -0.39 is 0 Å². The van der Waals surface area contributed by atoms with Crippen LogP contribution in [0.1, 0.15) is 10.5 Å². The number of carbonyl (C=O) groups is 1. The number of aromatic nitrogens is 2. The SMILES string of the molecule is COc1ccc(N(C)C(=O)c2cc(Cl)c(Cl)n2C)cn1. The van der Waals surface area contributed by atoms with Crippen molar-refractivity contribution in [2.75, 3.05) is 19.1 Å².